The summed E-state index contributed by atoms with van der Waals surface area (Å²) in [6, 6.07) is 2.10. The van der Waals surface area contributed by atoms with E-state index in [0.717, 1.165) is 19.5 Å². The van der Waals surface area contributed by atoms with E-state index in [4.69, 9.17) is 4.52 Å². The zero-order valence-electron chi connectivity index (χ0n) is 13.9. The number of carbonyl (C=O) groups is 2. The van der Waals surface area contributed by atoms with Gasteiger partial charge < -0.3 is 9.42 Å². The minimum absolute atomic E-state index is 0.0473. The second-order valence-corrected chi connectivity index (χ2v) is 6.82. The molecule has 2 atom stereocenters. The third-order valence-corrected chi connectivity index (χ3v) is 4.73. The second-order valence-electron chi connectivity index (χ2n) is 6.82. The van der Waals surface area contributed by atoms with Crippen molar-refractivity contribution in [3.8, 4) is 0 Å². The van der Waals surface area contributed by atoms with Gasteiger partial charge in [-0.05, 0) is 26.3 Å². The fraction of sp³-hybridized carbons (Fsp3) is 0.688. The van der Waals surface area contributed by atoms with Crippen LogP contribution in [0.1, 0.15) is 45.3 Å². The summed E-state index contributed by atoms with van der Waals surface area (Å²) in [6.07, 6.45) is 2.27. The number of nitrogens with zero attached hydrogens (tertiary/aromatic N) is 3. The van der Waals surface area contributed by atoms with Crippen LogP contribution in [0.2, 0.25) is 0 Å². The Hall–Kier alpha value is -1.89. The number of fused-ring (bicyclic) bond motifs is 1. The van der Waals surface area contributed by atoms with E-state index in [2.05, 4.69) is 15.4 Å². The van der Waals surface area contributed by atoms with Gasteiger partial charge in [-0.15, -0.1) is 0 Å². The van der Waals surface area contributed by atoms with Gasteiger partial charge in [0.15, 0.2) is 5.82 Å². The highest BCUT2D eigenvalue weighted by atomic mass is 16.5. The van der Waals surface area contributed by atoms with Crippen LogP contribution in [0.15, 0.2) is 10.6 Å². The quantitative estimate of drug-likeness (QED) is 0.834. The smallest absolute Gasteiger partial charge is 0.315 e. The lowest BCUT2D eigenvalue weighted by Crippen LogP contribution is -2.58. The van der Waals surface area contributed by atoms with Crippen LogP contribution in [0.25, 0.3) is 0 Å². The molecule has 2 amide bonds. The summed E-state index contributed by atoms with van der Waals surface area (Å²) in [5.41, 5.74) is 0. The van der Waals surface area contributed by atoms with Crippen molar-refractivity contribution in [3.05, 3.63) is 11.8 Å². The van der Waals surface area contributed by atoms with Crippen molar-refractivity contribution in [2.24, 2.45) is 0 Å². The molecule has 2 fully saturated rings. The van der Waals surface area contributed by atoms with Crippen LogP contribution >= 0.6 is 0 Å². The Bertz CT molecular complexity index is 598. The van der Waals surface area contributed by atoms with Crippen molar-refractivity contribution in [2.75, 3.05) is 25.0 Å². The van der Waals surface area contributed by atoms with E-state index < -0.39 is 11.8 Å². The standard InChI is InChI=1S/C16H24N4O3/c1-10(2)13-7-14(18-23-13)17-15(21)16(22)20-9-12-5-4-6-19(12)8-11(20)3/h7,10-12H,4-6,8-9H2,1-3H3,(H,17,18,21). The minimum Gasteiger partial charge on any atom is -0.359 e. The van der Waals surface area contributed by atoms with Crippen molar-refractivity contribution < 1.29 is 14.1 Å². The molecule has 1 N–H and O–H groups in total. The molecule has 3 rings (SSSR count). The van der Waals surface area contributed by atoms with Gasteiger partial charge in [-0.2, -0.15) is 0 Å². The fourth-order valence-electron chi connectivity index (χ4n) is 3.39. The van der Waals surface area contributed by atoms with Gasteiger partial charge in [-0.25, -0.2) is 0 Å². The summed E-state index contributed by atoms with van der Waals surface area (Å²) in [5, 5.41) is 6.34. The van der Waals surface area contributed by atoms with Crippen LogP contribution in [0.5, 0.6) is 0 Å². The van der Waals surface area contributed by atoms with Crippen molar-refractivity contribution in [1.82, 2.24) is 15.0 Å². The molecule has 0 saturated carbocycles. The zero-order chi connectivity index (χ0) is 16.6. The lowest BCUT2D eigenvalue weighted by Gasteiger charge is -2.41. The van der Waals surface area contributed by atoms with E-state index in [1.807, 2.05) is 20.8 Å². The Morgan fingerprint density at radius 3 is 2.87 bits per heavy atom. The molecular weight excluding hydrogens is 296 g/mol. The molecule has 2 aliphatic rings. The third kappa shape index (κ3) is 3.24. The Balaban J connectivity index is 1.63. The Labute approximate surface area is 136 Å². The van der Waals surface area contributed by atoms with E-state index in [9.17, 15) is 9.59 Å². The first kappa shape index (κ1) is 16.0. The molecule has 1 aromatic heterocycles. The molecule has 2 aliphatic heterocycles. The molecule has 2 saturated heterocycles. The molecule has 0 bridgehead atoms. The van der Waals surface area contributed by atoms with Gasteiger partial charge >= 0.3 is 11.8 Å². The maximum absolute atomic E-state index is 12.5. The zero-order valence-corrected chi connectivity index (χ0v) is 13.9. The monoisotopic (exact) mass is 320 g/mol. The van der Waals surface area contributed by atoms with Gasteiger partial charge in [0, 0.05) is 37.2 Å². The van der Waals surface area contributed by atoms with Crippen molar-refractivity contribution >= 4 is 17.6 Å². The van der Waals surface area contributed by atoms with Gasteiger partial charge in [0.25, 0.3) is 0 Å². The van der Waals surface area contributed by atoms with Crippen LogP contribution in [0.4, 0.5) is 5.82 Å². The number of aromatic nitrogens is 1. The predicted octanol–water partition coefficient (Wildman–Crippen LogP) is 1.43. The lowest BCUT2D eigenvalue weighted by atomic mass is 10.1. The highest BCUT2D eigenvalue weighted by Gasteiger charge is 2.38. The summed E-state index contributed by atoms with van der Waals surface area (Å²) in [5.74, 6) is 0.0178. The number of nitrogens with one attached hydrogen (secondary N) is 1. The van der Waals surface area contributed by atoms with E-state index in [1.165, 1.54) is 6.42 Å². The van der Waals surface area contributed by atoms with Gasteiger partial charge in [0.2, 0.25) is 0 Å². The Morgan fingerprint density at radius 1 is 1.39 bits per heavy atom. The Morgan fingerprint density at radius 2 is 2.17 bits per heavy atom. The number of hydrogen-bond acceptors (Lipinski definition) is 5. The van der Waals surface area contributed by atoms with Gasteiger partial charge in [-0.3, -0.25) is 19.8 Å². The topological polar surface area (TPSA) is 78.7 Å². The molecule has 7 nitrogen and oxygen atoms in total. The first-order valence-corrected chi connectivity index (χ1v) is 8.28. The first-order chi connectivity index (χ1) is 11.0. The normalized spacial score (nSPS) is 24.8. The molecule has 0 aliphatic carbocycles. The fourth-order valence-corrected chi connectivity index (χ4v) is 3.39. The van der Waals surface area contributed by atoms with Gasteiger partial charge in [0.05, 0.1) is 0 Å². The number of hydrogen-bond donors (Lipinski definition) is 1. The maximum Gasteiger partial charge on any atom is 0.315 e. The highest BCUT2D eigenvalue weighted by molar-refractivity contribution is 6.39. The molecule has 0 spiro atoms. The molecule has 23 heavy (non-hydrogen) atoms. The average Bonchev–Trinajstić information content (AvgIpc) is 3.14. The van der Waals surface area contributed by atoms with E-state index in [0.29, 0.717) is 24.2 Å². The highest BCUT2D eigenvalue weighted by Crippen LogP contribution is 2.25. The average molecular weight is 320 g/mol. The largest absolute Gasteiger partial charge is 0.359 e. The van der Waals surface area contributed by atoms with Gasteiger partial charge in [-0.1, -0.05) is 19.0 Å². The van der Waals surface area contributed by atoms with Crippen molar-refractivity contribution in [1.29, 1.82) is 0 Å². The summed E-state index contributed by atoms with van der Waals surface area (Å²) in [6.45, 7) is 8.50. The number of amides is 2. The molecule has 1 aromatic rings. The SMILES string of the molecule is CC(C)c1cc(NC(=O)C(=O)N2CC3CCCN3CC2C)no1. The predicted molar refractivity (Wildman–Crippen MR) is 85.0 cm³/mol. The first-order valence-electron chi connectivity index (χ1n) is 8.28. The molecule has 126 valence electrons. The summed E-state index contributed by atoms with van der Waals surface area (Å²) >= 11 is 0. The summed E-state index contributed by atoms with van der Waals surface area (Å²) in [7, 11) is 0. The molecule has 7 heteroatoms. The van der Waals surface area contributed by atoms with E-state index >= 15 is 0 Å². The lowest BCUT2D eigenvalue weighted by molar-refractivity contribution is -0.147. The van der Waals surface area contributed by atoms with Crippen molar-refractivity contribution in [2.45, 2.75) is 51.6 Å². The molecule has 2 unspecified atom stereocenters. The van der Waals surface area contributed by atoms with Crippen LogP contribution in [0.3, 0.4) is 0 Å². The maximum atomic E-state index is 12.5. The number of anilines is 1. The summed E-state index contributed by atoms with van der Waals surface area (Å²) < 4.78 is 5.13. The molecule has 0 radical (unpaired) electrons. The third-order valence-electron chi connectivity index (χ3n) is 4.73. The second kappa shape index (κ2) is 6.31. The van der Waals surface area contributed by atoms with Crippen LogP contribution in [-0.4, -0.2) is 58.5 Å². The molecular formula is C16H24N4O3. The number of rotatable bonds is 2. The van der Waals surface area contributed by atoms with Crippen LogP contribution in [0, 0.1) is 0 Å². The van der Waals surface area contributed by atoms with Crippen LogP contribution in [-0.2, 0) is 9.59 Å². The Kier molecular flexibility index (Phi) is 4.39. The van der Waals surface area contributed by atoms with Crippen molar-refractivity contribution in [3.63, 3.8) is 0 Å². The van der Waals surface area contributed by atoms with E-state index in [1.54, 1.807) is 11.0 Å². The number of carbonyl (C=O) groups excluding carboxylic acids is 2. The molecule has 0 aromatic carbocycles. The summed E-state index contributed by atoms with van der Waals surface area (Å²) in [4.78, 5) is 28.8. The number of piperazine rings is 1. The molecule has 3 heterocycles. The minimum atomic E-state index is -0.646. The van der Waals surface area contributed by atoms with Crippen LogP contribution < -0.4 is 5.32 Å². The van der Waals surface area contributed by atoms with Gasteiger partial charge in [0.1, 0.15) is 5.76 Å². The van der Waals surface area contributed by atoms with E-state index in [-0.39, 0.29) is 12.0 Å².